The Morgan fingerprint density at radius 3 is 3.13 bits per heavy atom. The SMILES string of the molecule is CNCCc1ncc(-c2cc(Br)cs2)[nH]1. The summed E-state index contributed by atoms with van der Waals surface area (Å²) < 4.78 is 1.12. The van der Waals surface area contributed by atoms with Crippen molar-refractivity contribution < 1.29 is 0 Å². The standard InChI is InChI=1S/C10H12BrN3S/c1-12-3-2-10-13-5-8(14-10)9-4-7(11)6-15-9/h4-6,12H,2-3H2,1H3,(H,13,14). The minimum atomic E-state index is 0.934. The summed E-state index contributed by atoms with van der Waals surface area (Å²) in [5.41, 5.74) is 1.09. The minimum Gasteiger partial charge on any atom is -0.341 e. The molecular weight excluding hydrogens is 274 g/mol. The molecule has 0 atom stereocenters. The van der Waals surface area contributed by atoms with E-state index in [-0.39, 0.29) is 0 Å². The summed E-state index contributed by atoms with van der Waals surface area (Å²) in [7, 11) is 1.94. The van der Waals surface area contributed by atoms with E-state index in [9.17, 15) is 0 Å². The van der Waals surface area contributed by atoms with Gasteiger partial charge in [0.1, 0.15) is 5.82 Å². The quantitative estimate of drug-likeness (QED) is 0.907. The first-order valence-corrected chi connectivity index (χ1v) is 6.40. The van der Waals surface area contributed by atoms with Crippen LogP contribution in [0.15, 0.2) is 22.1 Å². The van der Waals surface area contributed by atoms with Crippen molar-refractivity contribution in [2.45, 2.75) is 6.42 Å². The third kappa shape index (κ3) is 2.68. The first-order valence-electron chi connectivity index (χ1n) is 4.72. The summed E-state index contributed by atoms with van der Waals surface area (Å²) >= 11 is 5.15. The molecule has 2 aromatic heterocycles. The van der Waals surface area contributed by atoms with Crippen molar-refractivity contribution in [2.75, 3.05) is 13.6 Å². The first kappa shape index (κ1) is 10.9. The van der Waals surface area contributed by atoms with E-state index >= 15 is 0 Å². The van der Waals surface area contributed by atoms with Gasteiger partial charge in [0.15, 0.2) is 0 Å². The van der Waals surface area contributed by atoms with Crippen molar-refractivity contribution >= 4 is 27.3 Å². The second-order valence-electron chi connectivity index (χ2n) is 3.23. The predicted molar refractivity (Wildman–Crippen MR) is 67.2 cm³/mol. The van der Waals surface area contributed by atoms with E-state index in [1.807, 2.05) is 13.2 Å². The van der Waals surface area contributed by atoms with Gasteiger partial charge in [0.2, 0.25) is 0 Å². The Hall–Kier alpha value is -0.650. The van der Waals surface area contributed by atoms with Crippen LogP contribution in [0.3, 0.4) is 0 Å². The summed E-state index contributed by atoms with van der Waals surface area (Å²) in [6.07, 6.45) is 2.83. The van der Waals surface area contributed by atoms with Crippen LogP contribution in [-0.2, 0) is 6.42 Å². The van der Waals surface area contributed by atoms with E-state index in [0.717, 1.165) is 29.0 Å². The lowest BCUT2D eigenvalue weighted by molar-refractivity contribution is 0.764. The number of aromatic nitrogens is 2. The molecular formula is C10H12BrN3S. The molecule has 2 aromatic rings. The summed E-state index contributed by atoms with van der Waals surface area (Å²) in [6, 6.07) is 2.10. The van der Waals surface area contributed by atoms with Crippen molar-refractivity contribution in [1.82, 2.24) is 15.3 Å². The Balaban J connectivity index is 2.13. The number of likely N-dealkylation sites (N-methyl/N-ethyl adjacent to an activating group) is 1. The Kier molecular flexibility index (Phi) is 3.56. The number of aromatic amines is 1. The topological polar surface area (TPSA) is 40.7 Å². The van der Waals surface area contributed by atoms with Gasteiger partial charge < -0.3 is 10.3 Å². The Bertz CT molecular complexity index is 435. The second-order valence-corrected chi connectivity index (χ2v) is 5.05. The van der Waals surface area contributed by atoms with Crippen LogP contribution in [0.5, 0.6) is 0 Å². The van der Waals surface area contributed by atoms with Gasteiger partial charge in [0, 0.05) is 22.8 Å². The van der Waals surface area contributed by atoms with E-state index in [4.69, 9.17) is 0 Å². The van der Waals surface area contributed by atoms with Crippen molar-refractivity contribution in [1.29, 1.82) is 0 Å². The molecule has 3 nitrogen and oxygen atoms in total. The molecule has 15 heavy (non-hydrogen) atoms. The predicted octanol–water partition coefficient (Wildman–Crippen LogP) is 2.66. The molecule has 0 aliphatic heterocycles. The molecule has 2 N–H and O–H groups in total. The van der Waals surface area contributed by atoms with Crippen LogP contribution in [0.25, 0.3) is 10.6 Å². The highest BCUT2D eigenvalue weighted by atomic mass is 79.9. The lowest BCUT2D eigenvalue weighted by Gasteiger charge is -1.94. The van der Waals surface area contributed by atoms with Gasteiger partial charge in [-0.25, -0.2) is 4.98 Å². The first-order chi connectivity index (χ1) is 7.29. The van der Waals surface area contributed by atoms with Crippen molar-refractivity contribution in [3.8, 4) is 10.6 Å². The molecule has 0 aromatic carbocycles. The highest BCUT2D eigenvalue weighted by Gasteiger charge is 2.05. The fraction of sp³-hybridized carbons (Fsp3) is 0.300. The molecule has 0 fully saturated rings. The van der Waals surface area contributed by atoms with Crippen LogP contribution in [0.4, 0.5) is 0 Å². The minimum absolute atomic E-state index is 0.934. The molecule has 0 unspecified atom stereocenters. The largest absolute Gasteiger partial charge is 0.341 e. The third-order valence-electron chi connectivity index (χ3n) is 2.07. The second kappa shape index (κ2) is 4.92. The highest BCUT2D eigenvalue weighted by molar-refractivity contribution is 9.10. The third-order valence-corrected chi connectivity index (χ3v) is 3.80. The van der Waals surface area contributed by atoms with Crippen LogP contribution in [-0.4, -0.2) is 23.6 Å². The van der Waals surface area contributed by atoms with Crippen molar-refractivity contribution in [2.24, 2.45) is 0 Å². The summed E-state index contributed by atoms with van der Waals surface area (Å²) in [5.74, 6) is 1.03. The fourth-order valence-electron chi connectivity index (χ4n) is 1.31. The zero-order valence-electron chi connectivity index (χ0n) is 8.38. The van der Waals surface area contributed by atoms with Crippen LogP contribution in [0, 0.1) is 0 Å². The van der Waals surface area contributed by atoms with Crippen LogP contribution in [0.2, 0.25) is 0 Å². The molecule has 0 aliphatic rings. The normalized spacial score (nSPS) is 10.8. The van der Waals surface area contributed by atoms with Gasteiger partial charge in [-0.05, 0) is 29.0 Å². The number of imidazole rings is 1. The number of nitrogens with zero attached hydrogens (tertiary/aromatic N) is 1. The lowest BCUT2D eigenvalue weighted by atomic mass is 10.4. The number of rotatable bonds is 4. The van der Waals surface area contributed by atoms with Gasteiger partial charge in [0.05, 0.1) is 16.8 Å². The summed E-state index contributed by atoms with van der Waals surface area (Å²) in [6.45, 7) is 0.946. The zero-order chi connectivity index (χ0) is 10.7. The Morgan fingerprint density at radius 1 is 1.60 bits per heavy atom. The van der Waals surface area contributed by atoms with Crippen LogP contribution >= 0.6 is 27.3 Å². The molecule has 0 saturated carbocycles. The van der Waals surface area contributed by atoms with Gasteiger partial charge in [-0.15, -0.1) is 11.3 Å². The Morgan fingerprint density at radius 2 is 2.47 bits per heavy atom. The summed E-state index contributed by atoms with van der Waals surface area (Å²) in [5, 5.41) is 5.18. The van der Waals surface area contributed by atoms with E-state index in [0.29, 0.717) is 0 Å². The van der Waals surface area contributed by atoms with E-state index < -0.39 is 0 Å². The number of hydrogen-bond acceptors (Lipinski definition) is 3. The maximum atomic E-state index is 4.34. The van der Waals surface area contributed by atoms with Crippen molar-refractivity contribution in [3.05, 3.63) is 27.9 Å². The zero-order valence-corrected chi connectivity index (χ0v) is 10.8. The molecule has 0 spiro atoms. The van der Waals surface area contributed by atoms with Crippen molar-refractivity contribution in [3.63, 3.8) is 0 Å². The average Bonchev–Trinajstić information content (AvgIpc) is 2.83. The molecule has 80 valence electrons. The average molecular weight is 286 g/mol. The molecule has 0 aliphatic carbocycles. The fourth-order valence-corrected chi connectivity index (χ4v) is 2.71. The molecule has 2 heterocycles. The summed E-state index contributed by atoms with van der Waals surface area (Å²) in [4.78, 5) is 8.86. The smallest absolute Gasteiger partial charge is 0.107 e. The number of halogens is 1. The molecule has 2 rings (SSSR count). The maximum absolute atomic E-state index is 4.34. The molecule has 5 heteroatoms. The maximum Gasteiger partial charge on any atom is 0.107 e. The molecule has 0 amide bonds. The van der Waals surface area contributed by atoms with E-state index in [1.165, 1.54) is 4.88 Å². The van der Waals surface area contributed by atoms with Crippen LogP contribution < -0.4 is 5.32 Å². The number of nitrogens with one attached hydrogen (secondary N) is 2. The van der Waals surface area contributed by atoms with E-state index in [2.05, 4.69) is 42.7 Å². The number of hydrogen-bond donors (Lipinski definition) is 2. The van der Waals surface area contributed by atoms with Gasteiger partial charge in [-0.2, -0.15) is 0 Å². The number of H-pyrrole nitrogens is 1. The van der Waals surface area contributed by atoms with Gasteiger partial charge in [-0.1, -0.05) is 0 Å². The molecule has 0 radical (unpaired) electrons. The van der Waals surface area contributed by atoms with Gasteiger partial charge in [0.25, 0.3) is 0 Å². The number of thiophene rings is 1. The van der Waals surface area contributed by atoms with Gasteiger partial charge in [-0.3, -0.25) is 0 Å². The lowest BCUT2D eigenvalue weighted by Crippen LogP contribution is -2.10. The monoisotopic (exact) mass is 285 g/mol. The Labute approximate surface area is 101 Å². The molecule has 0 saturated heterocycles. The van der Waals surface area contributed by atoms with Crippen LogP contribution in [0.1, 0.15) is 5.82 Å². The highest BCUT2D eigenvalue weighted by Crippen LogP contribution is 2.28. The van der Waals surface area contributed by atoms with E-state index in [1.54, 1.807) is 11.3 Å². The van der Waals surface area contributed by atoms with Gasteiger partial charge >= 0.3 is 0 Å². The molecule has 0 bridgehead atoms.